The van der Waals surface area contributed by atoms with Gasteiger partial charge in [0.05, 0.1) is 23.3 Å². The fourth-order valence-electron chi connectivity index (χ4n) is 1.63. The van der Waals surface area contributed by atoms with Gasteiger partial charge in [-0.2, -0.15) is 10.5 Å². The van der Waals surface area contributed by atoms with Crippen LogP contribution in [-0.4, -0.2) is 11.8 Å². The van der Waals surface area contributed by atoms with E-state index in [-0.39, 0.29) is 0 Å². The van der Waals surface area contributed by atoms with Gasteiger partial charge in [-0.25, -0.2) is 0 Å². The first-order valence-corrected chi connectivity index (χ1v) is 6.25. The Hall–Kier alpha value is -3.64. The number of carbonyl (C=O) groups is 2. The van der Waals surface area contributed by atoms with Crippen molar-refractivity contribution < 1.29 is 9.59 Å². The summed E-state index contributed by atoms with van der Waals surface area (Å²) in [5.41, 5.74) is 1.75. The largest absolute Gasteiger partial charge is 0.318 e. The van der Waals surface area contributed by atoms with E-state index in [4.69, 9.17) is 10.5 Å². The minimum Gasteiger partial charge on any atom is -0.318 e. The highest BCUT2D eigenvalue weighted by atomic mass is 16.2. The van der Waals surface area contributed by atoms with Gasteiger partial charge >= 0.3 is 11.8 Å². The van der Waals surface area contributed by atoms with E-state index in [1.165, 1.54) is 48.5 Å². The van der Waals surface area contributed by atoms with Gasteiger partial charge in [-0.15, -0.1) is 0 Å². The lowest BCUT2D eigenvalue weighted by Gasteiger charge is -2.06. The Morgan fingerprint density at radius 2 is 1.00 bits per heavy atom. The van der Waals surface area contributed by atoms with E-state index < -0.39 is 11.8 Å². The number of rotatable bonds is 2. The van der Waals surface area contributed by atoms with Gasteiger partial charge in [0.25, 0.3) is 0 Å². The van der Waals surface area contributed by atoms with Crippen LogP contribution in [0.5, 0.6) is 0 Å². The third kappa shape index (κ3) is 3.69. The van der Waals surface area contributed by atoms with Crippen LogP contribution in [0.2, 0.25) is 0 Å². The van der Waals surface area contributed by atoms with Gasteiger partial charge in [0.2, 0.25) is 0 Å². The first kappa shape index (κ1) is 14.8. The van der Waals surface area contributed by atoms with E-state index in [0.29, 0.717) is 22.5 Å². The number of nitriles is 2. The number of nitrogens with zero attached hydrogens (tertiary/aromatic N) is 2. The van der Waals surface area contributed by atoms with E-state index in [1.54, 1.807) is 0 Å². The van der Waals surface area contributed by atoms with Crippen molar-refractivity contribution in [2.45, 2.75) is 0 Å². The number of benzene rings is 2. The minimum atomic E-state index is -0.825. The van der Waals surface area contributed by atoms with Gasteiger partial charge in [0.15, 0.2) is 0 Å². The van der Waals surface area contributed by atoms with Crippen molar-refractivity contribution in [3.05, 3.63) is 59.7 Å². The lowest BCUT2D eigenvalue weighted by Crippen LogP contribution is -2.29. The van der Waals surface area contributed by atoms with E-state index in [0.717, 1.165) is 0 Å². The molecule has 0 aliphatic heterocycles. The highest BCUT2D eigenvalue weighted by Gasteiger charge is 2.13. The molecule has 22 heavy (non-hydrogen) atoms. The summed E-state index contributed by atoms with van der Waals surface area (Å²) >= 11 is 0. The first-order valence-electron chi connectivity index (χ1n) is 6.25. The molecule has 2 aromatic rings. The number of carbonyl (C=O) groups excluding carboxylic acids is 2. The highest BCUT2D eigenvalue weighted by Crippen LogP contribution is 2.10. The Morgan fingerprint density at radius 3 is 1.27 bits per heavy atom. The smallest absolute Gasteiger partial charge is 0.314 e. The van der Waals surface area contributed by atoms with Crippen molar-refractivity contribution in [3.8, 4) is 12.1 Å². The third-order valence-corrected chi connectivity index (χ3v) is 2.75. The molecule has 0 radical (unpaired) electrons. The van der Waals surface area contributed by atoms with Crippen LogP contribution in [0.4, 0.5) is 11.4 Å². The quantitative estimate of drug-likeness (QED) is 0.825. The zero-order chi connectivity index (χ0) is 15.9. The molecule has 0 saturated heterocycles. The van der Waals surface area contributed by atoms with Crippen LogP contribution in [0.15, 0.2) is 48.5 Å². The second-order valence-electron chi connectivity index (χ2n) is 4.29. The predicted octanol–water partition coefficient (Wildman–Crippen LogP) is 2.01. The van der Waals surface area contributed by atoms with Crippen molar-refractivity contribution in [2.24, 2.45) is 0 Å². The van der Waals surface area contributed by atoms with E-state index >= 15 is 0 Å². The Bertz CT molecular complexity index is 711. The lowest BCUT2D eigenvalue weighted by molar-refractivity contribution is -0.132. The Labute approximate surface area is 126 Å². The Kier molecular flexibility index (Phi) is 4.49. The maximum atomic E-state index is 11.8. The molecular formula is C16H10N4O2. The zero-order valence-corrected chi connectivity index (χ0v) is 11.3. The summed E-state index contributed by atoms with van der Waals surface area (Å²) in [7, 11) is 0. The molecule has 0 aliphatic rings. The molecule has 0 atom stereocenters. The number of hydrogen-bond acceptors (Lipinski definition) is 4. The predicted molar refractivity (Wildman–Crippen MR) is 79.6 cm³/mol. The number of hydrogen-bond donors (Lipinski definition) is 2. The molecule has 6 nitrogen and oxygen atoms in total. The van der Waals surface area contributed by atoms with Crippen LogP contribution in [0.25, 0.3) is 0 Å². The second-order valence-corrected chi connectivity index (χ2v) is 4.29. The monoisotopic (exact) mass is 290 g/mol. The summed E-state index contributed by atoms with van der Waals surface area (Å²) in [5, 5.41) is 22.2. The molecule has 0 heterocycles. The summed E-state index contributed by atoms with van der Waals surface area (Å²) in [4.78, 5) is 23.5. The van der Waals surface area contributed by atoms with Gasteiger partial charge in [0.1, 0.15) is 0 Å². The molecule has 0 saturated carbocycles. The molecular weight excluding hydrogens is 280 g/mol. The molecule has 6 heteroatoms. The molecule has 0 aliphatic carbocycles. The maximum Gasteiger partial charge on any atom is 0.314 e. The fourth-order valence-corrected chi connectivity index (χ4v) is 1.63. The van der Waals surface area contributed by atoms with Crippen molar-refractivity contribution in [1.82, 2.24) is 0 Å². The van der Waals surface area contributed by atoms with Crippen LogP contribution in [0, 0.1) is 22.7 Å². The van der Waals surface area contributed by atoms with E-state index in [1.807, 2.05) is 12.1 Å². The van der Waals surface area contributed by atoms with Crippen molar-refractivity contribution in [2.75, 3.05) is 10.6 Å². The van der Waals surface area contributed by atoms with E-state index in [2.05, 4.69) is 10.6 Å². The zero-order valence-electron chi connectivity index (χ0n) is 11.3. The second kappa shape index (κ2) is 6.69. The molecule has 0 aromatic heterocycles. The standard InChI is InChI=1S/C16H10N4O2/c17-9-11-1-5-13(6-2-11)19-15(21)16(22)20-14-7-3-12(10-18)4-8-14/h1-8H,(H,19,21)(H,20,22). The lowest BCUT2D eigenvalue weighted by atomic mass is 10.2. The summed E-state index contributed by atoms with van der Waals surface area (Å²) in [5.74, 6) is -1.65. The molecule has 106 valence electrons. The summed E-state index contributed by atoms with van der Waals surface area (Å²) < 4.78 is 0. The molecule has 0 fully saturated rings. The summed E-state index contributed by atoms with van der Waals surface area (Å²) in [6.45, 7) is 0. The Morgan fingerprint density at radius 1 is 0.682 bits per heavy atom. The minimum absolute atomic E-state index is 0.416. The van der Waals surface area contributed by atoms with Gasteiger partial charge in [0, 0.05) is 11.4 Å². The number of nitrogens with one attached hydrogen (secondary N) is 2. The normalized spacial score (nSPS) is 9.18. The molecule has 0 bridgehead atoms. The third-order valence-electron chi connectivity index (χ3n) is 2.75. The van der Waals surface area contributed by atoms with Gasteiger partial charge in [-0.05, 0) is 48.5 Å². The van der Waals surface area contributed by atoms with Crippen LogP contribution in [0.3, 0.4) is 0 Å². The first-order chi connectivity index (χ1) is 10.6. The molecule has 2 rings (SSSR count). The average Bonchev–Trinajstić information content (AvgIpc) is 2.56. The van der Waals surface area contributed by atoms with Crippen molar-refractivity contribution in [3.63, 3.8) is 0 Å². The Balaban J connectivity index is 1.98. The van der Waals surface area contributed by atoms with Crippen molar-refractivity contribution >= 4 is 23.2 Å². The molecule has 2 N–H and O–H groups in total. The van der Waals surface area contributed by atoms with Gasteiger partial charge < -0.3 is 10.6 Å². The van der Waals surface area contributed by atoms with Gasteiger partial charge in [-0.1, -0.05) is 0 Å². The SMILES string of the molecule is N#Cc1ccc(NC(=O)C(=O)Nc2ccc(C#N)cc2)cc1. The number of amides is 2. The molecule has 0 unspecified atom stereocenters. The van der Waals surface area contributed by atoms with Crippen LogP contribution in [-0.2, 0) is 9.59 Å². The summed E-state index contributed by atoms with van der Waals surface area (Å²) in [6, 6.07) is 16.2. The van der Waals surface area contributed by atoms with E-state index in [9.17, 15) is 9.59 Å². The highest BCUT2D eigenvalue weighted by molar-refractivity contribution is 6.43. The average molecular weight is 290 g/mol. The van der Waals surface area contributed by atoms with Crippen LogP contribution < -0.4 is 10.6 Å². The van der Waals surface area contributed by atoms with Crippen LogP contribution in [0.1, 0.15) is 11.1 Å². The fraction of sp³-hybridized carbons (Fsp3) is 0. The maximum absolute atomic E-state index is 11.8. The molecule has 2 aromatic carbocycles. The van der Waals surface area contributed by atoms with Crippen molar-refractivity contribution in [1.29, 1.82) is 10.5 Å². The topological polar surface area (TPSA) is 106 Å². The molecule has 0 spiro atoms. The number of anilines is 2. The van der Waals surface area contributed by atoms with Gasteiger partial charge in [-0.3, -0.25) is 9.59 Å². The molecule has 2 amide bonds. The van der Waals surface area contributed by atoms with Crippen LogP contribution >= 0.6 is 0 Å². The summed E-state index contributed by atoms with van der Waals surface area (Å²) in [6.07, 6.45) is 0.